The predicted octanol–water partition coefficient (Wildman–Crippen LogP) is 0.805. The fourth-order valence-electron chi connectivity index (χ4n) is 1.26. The van der Waals surface area contributed by atoms with Crippen molar-refractivity contribution in [2.24, 2.45) is 0 Å². The van der Waals surface area contributed by atoms with Crippen LogP contribution in [0, 0.1) is 0 Å². The van der Waals surface area contributed by atoms with Gasteiger partial charge in [-0.2, -0.15) is 10.2 Å². The van der Waals surface area contributed by atoms with Crippen molar-refractivity contribution in [2.45, 2.75) is 0 Å². The van der Waals surface area contributed by atoms with Crippen LogP contribution in [0.1, 0.15) is 10.4 Å². The molecule has 4 heteroatoms. The molecule has 14 heavy (non-hydrogen) atoms. The molecule has 0 aliphatic carbocycles. The minimum Gasteiger partial charge on any atom is -0.388 e. The first kappa shape index (κ1) is 8.77. The zero-order chi connectivity index (χ0) is 9.97. The molecule has 0 saturated heterocycles. The summed E-state index contributed by atoms with van der Waals surface area (Å²) in [7, 11) is 0. The molecule has 0 atom stereocenters. The third-order valence-electron chi connectivity index (χ3n) is 2.01. The second kappa shape index (κ2) is 3.51. The van der Waals surface area contributed by atoms with Crippen molar-refractivity contribution in [3.05, 3.63) is 36.2 Å². The van der Waals surface area contributed by atoms with E-state index in [9.17, 15) is 4.79 Å². The van der Waals surface area contributed by atoms with E-state index in [2.05, 4.69) is 10.2 Å². The van der Waals surface area contributed by atoms with Crippen molar-refractivity contribution in [1.82, 2.24) is 10.2 Å². The molecule has 2 aromatic rings. The molecule has 1 heterocycles. The van der Waals surface area contributed by atoms with Crippen molar-refractivity contribution in [2.75, 3.05) is 6.61 Å². The predicted molar refractivity (Wildman–Crippen MR) is 51.0 cm³/mol. The minimum atomic E-state index is -0.468. The van der Waals surface area contributed by atoms with Crippen molar-refractivity contribution in [3.8, 4) is 0 Å². The summed E-state index contributed by atoms with van der Waals surface area (Å²) >= 11 is 0. The molecular weight excluding hydrogens is 180 g/mol. The highest BCUT2D eigenvalue weighted by molar-refractivity contribution is 6.00. The number of benzene rings is 1. The first-order chi connectivity index (χ1) is 6.81. The summed E-state index contributed by atoms with van der Waals surface area (Å²) in [4.78, 5) is 11.2. The lowest BCUT2D eigenvalue weighted by Crippen LogP contribution is -2.03. The van der Waals surface area contributed by atoms with Crippen LogP contribution in [0.3, 0.4) is 0 Å². The van der Waals surface area contributed by atoms with E-state index in [1.165, 1.54) is 0 Å². The fourth-order valence-corrected chi connectivity index (χ4v) is 1.26. The maximum absolute atomic E-state index is 11.2. The van der Waals surface area contributed by atoms with Crippen molar-refractivity contribution < 1.29 is 9.90 Å². The van der Waals surface area contributed by atoms with Crippen LogP contribution in [0.25, 0.3) is 10.8 Å². The van der Waals surface area contributed by atoms with Crippen LogP contribution in [-0.2, 0) is 0 Å². The molecule has 0 amide bonds. The smallest absolute Gasteiger partial charge is 0.188 e. The van der Waals surface area contributed by atoms with Crippen LogP contribution in [0.15, 0.2) is 30.6 Å². The molecule has 1 aromatic carbocycles. The van der Waals surface area contributed by atoms with Gasteiger partial charge in [0.2, 0.25) is 0 Å². The lowest BCUT2D eigenvalue weighted by Gasteiger charge is -1.99. The summed E-state index contributed by atoms with van der Waals surface area (Å²) in [6, 6.07) is 5.15. The van der Waals surface area contributed by atoms with E-state index in [1.54, 1.807) is 30.6 Å². The molecule has 2 rings (SSSR count). The third-order valence-corrected chi connectivity index (χ3v) is 2.01. The molecule has 4 nitrogen and oxygen atoms in total. The van der Waals surface area contributed by atoms with Crippen LogP contribution in [0.2, 0.25) is 0 Å². The minimum absolute atomic E-state index is 0.288. The maximum Gasteiger partial charge on any atom is 0.188 e. The molecule has 1 N–H and O–H groups in total. The fraction of sp³-hybridized carbons (Fsp3) is 0.100. The number of aliphatic hydroxyl groups is 1. The van der Waals surface area contributed by atoms with Crippen molar-refractivity contribution in [1.29, 1.82) is 0 Å². The molecule has 0 saturated carbocycles. The van der Waals surface area contributed by atoms with E-state index in [-0.39, 0.29) is 5.78 Å². The molecule has 0 aliphatic heterocycles. The Morgan fingerprint density at radius 2 is 1.93 bits per heavy atom. The SMILES string of the molecule is O=C(CO)c1ccc2cnncc2c1. The summed E-state index contributed by atoms with van der Waals surface area (Å²) in [6.07, 6.45) is 3.21. The van der Waals surface area contributed by atoms with Gasteiger partial charge < -0.3 is 5.11 Å². The van der Waals surface area contributed by atoms with Gasteiger partial charge in [-0.05, 0) is 6.07 Å². The Bertz CT molecular complexity index is 482. The third kappa shape index (κ3) is 1.47. The number of fused-ring (bicyclic) bond motifs is 1. The highest BCUT2D eigenvalue weighted by Crippen LogP contribution is 2.13. The van der Waals surface area contributed by atoms with Gasteiger partial charge >= 0.3 is 0 Å². The number of hydrogen-bond donors (Lipinski definition) is 1. The molecule has 0 radical (unpaired) electrons. The molecule has 0 aliphatic rings. The van der Waals surface area contributed by atoms with Gasteiger partial charge in [-0.3, -0.25) is 4.79 Å². The first-order valence-electron chi connectivity index (χ1n) is 4.16. The van der Waals surface area contributed by atoms with Crippen LogP contribution in [-0.4, -0.2) is 27.7 Å². The second-order valence-corrected chi connectivity index (χ2v) is 2.91. The Hall–Kier alpha value is -1.81. The van der Waals surface area contributed by atoms with Crippen molar-refractivity contribution >= 4 is 16.6 Å². The Kier molecular flexibility index (Phi) is 2.20. The number of nitrogens with zero attached hydrogens (tertiary/aromatic N) is 2. The normalized spacial score (nSPS) is 10.4. The highest BCUT2D eigenvalue weighted by atomic mass is 16.3. The Morgan fingerprint density at radius 1 is 1.21 bits per heavy atom. The second-order valence-electron chi connectivity index (χ2n) is 2.91. The Labute approximate surface area is 80.2 Å². The van der Waals surface area contributed by atoms with Crippen molar-refractivity contribution in [3.63, 3.8) is 0 Å². The molecule has 0 unspecified atom stereocenters. The topological polar surface area (TPSA) is 63.1 Å². The zero-order valence-electron chi connectivity index (χ0n) is 7.34. The van der Waals surface area contributed by atoms with E-state index in [0.29, 0.717) is 5.56 Å². The van der Waals surface area contributed by atoms with Gasteiger partial charge in [-0.15, -0.1) is 0 Å². The van der Waals surface area contributed by atoms with Gasteiger partial charge in [-0.25, -0.2) is 0 Å². The zero-order valence-corrected chi connectivity index (χ0v) is 7.34. The summed E-state index contributed by atoms with van der Waals surface area (Å²) in [6.45, 7) is -0.468. The van der Waals surface area contributed by atoms with E-state index >= 15 is 0 Å². The average molecular weight is 188 g/mol. The van der Waals surface area contributed by atoms with E-state index < -0.39 is 6.61 Å². The number of aromatic nitrogens is 2. The van der Waals surface area contributed by atoms with Crippen LogP contribution < -0.4 is 0 Å². The molecule has 70 valence electrons. The number of aliphatic hydroxyl groups excluding tert-OH is 1. The van der Waals surface area contributed by atoms with E-state index in [4.69, 9.17) is 5.11 Å². The summed E-state index contributed by atoms with van der Waals surface area (Å²) in [5.74, 6) is -0.288. The lowest BCUT2D eigenvalue weighted by molar-refractivity contribution is 0.0904. The average Bonchev–Trinajstić information content (AvgIpc) is 2.27. The van der Waals surface area contributed by atoms with E-state index in [0.717, 1.165) is 10.8 Å². The number of hydrogen-bond acceptors (Lipinski definition) is 4. The standard InChI is InChI=1S/C10H8N2O2/c13-6-10(14)7-1-2-8-4-11-12-5-9(8)3-7/h1-5,13H,6H2. The Morgan fingerprint density at radius 3 is 2.64 bits per heavy atom. The van der Waals surface area contributed by atoms with Gasteiger partial charge in [0.05, 0.1) is 12.4 Å². The number of Topliss-reactive ketones (excluding diaryl/α,β-unsaturated/α-hetero) is 1. The molecule has 0 spiro atoms. The van der Waals surface area contributed by atoms with Crippen LogP contribution in [0.4, 0.5) is 0 Å². The summed E-state index contributed by atoms with van der Waals surface area (Å²) < 4.78 is 0. The Balaban J connectivity index is 2.56. The lowest BCUT2D eigenvalue weighted by atomic mass is 10.1. The largest absolute Gasteiger partial charge is 0.388 e. The highest BCUT2D eigenvalue weighted by Gasteiger charge is 2.04. The number of carbonyl (C=O) groups excluding carboxylic acids is 1. The monoisotopic (exact) mass is 188 g/mol. The summed E-state index contributed by atoms with van der Waals surface area (Å²) in [5, 5.41) is 17.9. The number of rotatable bonds is 2. The molecular formula is C10H8N2O2. The van der Waals surface area contributed by atoms with Gasteiger partial charge in [0.15, 0.2) is 5.78 Å². The van der Waals surface area contributed by atoms with Gasteiger partial charge in [0, 0.05) is 16.3 Å². The molecule has 0 bridgehead atoms. The summed E-state index contributed by atoms with van der Waals surface area (Å²) in [5.41, 5.74) is 0.494. The first-order valence-corrected chi connectivity index (χ1v) is 4.16. The van der Waals surface area contributed by atoms with Crippen LogP contribution in [0.5, 0.6) is 0 Å². The van der Waals surface area contributed by atoms with Crippen LogP contribution >= 0.6 is 0 Å². The number of carbonyl (C=O) groups is 1. The van der Waals surface area contributed by atoms with Gasteiger partial charge in [-0.1, -0.05) is 12.1 Å². The molecule has 1 aromatic heterocycles. The van der Waals surface area contributed by atoms with E-state index in [1.807, 2.05) is 0 Å². The molecule has 0 fully saturated rings. The van der Waals surface area contributed by atoms with Gasteiger partial charge in [0.25, 0.3) is 0 Å². The number of ketones is 1. The van der Waals surface area contributed by atoms with Gasteiger partial charge in [0.1, 0.15) is 6.61 Å². The maximum atomic E-state index is 11.2. The quantitative estimate of drug-likeness (QED) is 0.708.